The highest BCUT2D eigenvalue weighted by molar-refractivity contribution is 4.98. The van der Waals surface area contributed by atoms with Crippen molar-refractivity contribution in [2.24, 2.45) is 0 Å². The lowest BCUT2D eigenvalue weighted by Gasteiger charge is -2.30. The Kier molecular flexibility index (Phi) is 7.87. The standard InChI is InChI=1S/C14H28O5/c1-3-4-5-6-7-8-18-11-14(10-17-2)13(16)12(15)9-19-14/h12-13,15-16H,3-11H2,1-2H3/t12-,13?,14+/m1/s1. The second-order valence-electron chi connectivity index (χ2n) is 5.29. The summed E-state index contributed by atoms with van der Waals surface area (Å²) in [6.45, 7) is 3.45. The summed E-state index contributed by atoms with van der Waals surface area (Å²) in [6.07, 6.45) is 4.10. The summed E-state index contributed by atoms with van der Waals surface area (Å²) in [4.78, 5) is 0. The Labute approximate surface area is 115 Å². The summed E-state index contributed by atoms with van der Waals surface area (Å²) in [7, 11) is 1.55. The third-order valence-corrected chi connectivity index (χ3v) is 3.57. The minimum Gasteiger partial charge on any atom is -0.388 e. The van der Waals surface area contributed by atoms with E-state index in [2.05, 4.69) is 6.92 Å². The summed E-state index contributed by atoms with van der Waals surface area (Å²) < 4.78 is 16.2. The zero-order chi connectivity index (χ0) is 14.1. The maximum atomic E-state index is 9.98. The maximum absolute atomic E-state index is 9.98. The zero-order valence-corrected chi connectivity index (χ0v) is 12.1. The number of unbranched alkanes of at least 4 members (excludes halogenated alkanes) is 4. The predicted octanol–water partition coefficient (Wildman–Crippen LogP) is 1.11. The van der Waals surface area contributed by atoms with Crippen LogP contribution in [0.2, 0.25) is 0 Å². The van der Waals surface area contributed by atoms with Crippen molar-refractivity contribution in [1.82, 2.24) is 0 Å². The highest BCUT2D eigenvalue weighted by Crippen LogP contribution is 2.27. The van der Waals surface area contributed by atoms with E-state index in [0.717, 1.165) is 12.8 Å². The Balaban J connectivity index is 2.23. The van der Waals surface area contributed by atoms with Gasteiger partial charge in [-0.25, -0.2) is 0 Å². The van der Waals surface area contributed by atoms with Crippen molar-refractivity contribution in [2.75, 3.05) is 33.5 Å². The zero-order valence-electron chi connectivity index (χ0n) is 12.1. The number of aliphatic hydroxyl groups is 2. The van der Waals surface area contributed by atoms with Crippen LogP contribution in [0.15, 0.2) is 0 Å². The summed E-state index contributed by atoms with van der Waals surface area (Å²) in [5.74, 6) is 0. The van der Waals surface area contributed by atoms with Gasteiger partial charge >= 0.3 is 0 Å². The molecule has 1 saturated heterocycles. The predicted molar refractivity (Wildman–Crippen MR) is 72.2 cm³/mol. The SMILES string of the molecule is CCCCCCCOC[C@]1(COC)OC[C@@H](O)C1O. The monoisotopic (exact) mass is 276 g/mol. The molecule has 114 valence electrons. The van der Waals surface area contributed by atoms with Crippen LogP contribution in [0.25, 0.3) is 0 Å². The van der Waals surface area contributed by atoms with Crippen molar-refractivity contribution in [3.8, 4) is 0 Å². The number of rotatable bonds is 10. The average Bonchev–Trinajstić information content (AvgIpc) is 2.67. The molecule has 0 aliphatic carbocycles. The Morgan fingerprint density at radius 1 is 1.16 bits per heavy atom. The summed E-state index contributed by atoms with van der Waals surface area (Å²) in [5, 5.41) is 19.6. The molecule has 0 bridgehead atoms. The van der Waals surface area contributed by atoms with E-state index >= 15 is 0 Å². The lowest BCUT2D eigenvalue weighted by molar-refractivity contribution is -0.141. The van der Waals surface area contributed by atoms with E-state index in [1.165, 1.54) is 19.3 Å². The van der Waals surface area contributed by atoms with Gasteiger partial charge in [-0.1, -0.05) is 32.6 Å². The topological polar surface area (TPSA) is 68.2 Å². The number of hydrogen-bond donors (Lipinski definition) is 2. The molecule has 3 atom stereocenters. The molecule has 0 aromatic carbocycles. The first-order valence-corrected chi connectivity index (χ1v) is 7.23. The van der Waals surface area contributed by atoms with Crippen LogP contribution in [-0.4, -0.2) is 61.6 Å². The molecule has 1 aliphatic rings. The largest absolute Gasteiger partial charge is 0.388 e. The second kappa shape index (κ2) is 8.87. The smallest absolute Gasteiger partial charge is 0.143 e. The van der Waals surface area contributed by atoms with Gasteiger partial charge in [0.2, 0.25) is 0 Å². The molecule has 1 fully saturated rings. The third kappa shape index (κ3) is 5.00. The quantitative estimate of drug-likeness (QED) is 0.585. The van der Waals surface area contributed by atoms with E-state index in [0.29, 0.717) is 6.61 Å². The third-order valence-electron chi connectivity index (χ3n) is 3.57. The van der Waals surface area contributed by atoms with E-state index in [4.69, 9.17) is 14.2 Å². The highest BCUT2D eigenvalue weighted by atomic mass is 16.6. The summed E-state index contributed by atoms with van der Waals surface area (Å²) in [6, 6.07) is 0. The number of methoxy groups -OCH3 is 1. The van der Waals surface area contributed by atoms with Crippen molar-refractivity contribution >= 4 is 0 Å². The molecule has 5 nitrogen and oxygen atoms in total. The lowest BCUT2D eigenvalue weighted by Crippen LogP contribution is -2.50. The Hall–Kier alpha value is -0.200. The lowest BCUT2D eigenvalue weighted by atomic mass is 9.97. The van der Waals surface area contributed by atoms with E-state index in [1.807, 2.05) is 0 Å². The van der Waals surface area contributed by atoms with Gasteiger partial charge in [0.25, 0.3) is 0 Å². The fourth-order valence-corrected chi connectivity index (χ4v) is 2.37. The first-order chi connectivity index (χ1) is 9.16. The van der Waals surface area contributed by atoms with Gasteiger partial charge in [0.15, 0.2) is 0 Å². The molecule has 1 heterocycles. The summed E-state index contributed by atoms with van der Waals surface area (Å²) in [5.41, 5.74) is -0.919. The van der Waals surface area contributed by atoms with Crippen LogP contribution in [0.1, 0.15) is 39.0 Å². The fraction of sp³-hybridized carbons (Fsp3) is 1.00. The van der Waals surface area contributed by atoms with Gasteiger partial charge in [-0.05, 0) is 6.42 Å². The Morgan fingerprint density at radius 2 is 1.89 bits per heavy atom. The first-order valence-electron chi connectivity index (χ1n) is 7.23. The van der Waals surface area contributed by atoms with E-state index in [9.17, 15) is 10.2 Å². The second-order valence-corrected chi connectivity index (χ2v) is 5.29. The van der Waals surface area contributed by atoms with Crippen LogP contribution in [0, 0.1) is 0 Å². The first kappa shape index (κ1) is 16.9. The Bertz CT molecular complexity index is 232. The van der Waals surface area contributed by atoms with Crippen molar-refractivity contribution < 1.29 is 24.4 Å². The van der Waals surface area contributed by atoms with Crippen LogP contribution in [0.4, 0.5) is 0 Å². The normalized spacial score (nSPS) is 30.9. The van der Waals surface area contributed by atoms with Gasteiger partial charge in [0.05, 0.1) is 19.8 Å². The van der Waals surface area contributed by atoms with Crippen molar-refractivity contribution in [3.63, 3.8) is 0 Å². The van der Waals surface area contributed by atoms with Gasteiger partial charge in [-0.3, -0.25) is 0 Å². The van der Waals surface area contributed by atoms with Crippen LogP contribution in [0.5, 0.6) is 0 Å². The molecule has 1 unspecified atom stereocenters. The molecule has 0 saturated carbocycles. The van der Waals surface area contributed by atoms with Crippen molar-refractivity contribution in [1.29, 1.82) is 0 Å². The average molecular weight is 276 g/mol. The van der Waals surface area contributed by atoms with E-state index in [-0.39, 0.29) is 19.8 Å². The van der Waals surface area contributed by atoms with Gasteiger partial charge in [-0.2, -0.15) is 0 Å². The number of ether oxygens (including phenoxy) is 3. The van der Waals surface area contributed by atoms with Crippen molar-refractivity contribution in [3.05, 3.63) is 0 Å². The maximum Gasteiger partial charge on any atom is 0.143 e. The molecule has 2 N–H and O–H groups in total. The van der Waals surface area contributed by atoms with Crippen LogP contribution >= 0.6 is 0 Å². The van der Waals surface area contributed by atoms with Crippen LogP contribution in [0.3, 0.4) is 0 Å². The molecule has 0 amide bonds. The highest BCUT2D eigenvalue weighted by Gasteiger charge is 2.49. The summed E-state index contributed by atoms with van der Waals surface area (Å²) >= 11 is 0. The molecule has 1 rings (SSSR count). The molecule has 0 spiro atoms. The Morgan fingerprint density at radius 3 is 2.47 bits per heavy atom. The number of hydrogen-bond acceptors (Lipinski definition) is 5. The van der Waals surface area contributed by atoms with Gasteiger partial charge in [0.1, 0.15) is 17.8 Å². The number of aliphatic hydroxyl groups excluding tert-OH is 2. The molecule has 0 aromatic heterocycles. The van der Waals surface area contributed by atoms with E-state index in [1.54, 1.807) is 7.11 Å². The molecule has 0 radical (unpaired) electrons. The molecular weight excluding hydrogens is 248 g/mol. The van der Waals surface area contributed by atoms with Crippen molar-refractivity contribution in [2.45, 2.75) is 56.8 Å². The fourth-order valence-electron chi connectivity index (χ4n) is 2.37. The van der Waals surface area contributed by atoms with Gasteiger partial charge in [0, 0.05) is 13.7 Å². The minimum absolute atomic E-state index is 0.129. The van der Waals surface area contributed by atoms with Gasteiger partial charge < -0.3 is 24.4 Å². The van der Waals surface area contributed by atoms with Crippen LogP contribution in [-0.2, 0) is 14.2 Å². The van der Waals surface area contributed by atoms with Gasteiger partial charge in [-0.15, -0.1) is 0 Å². The van der Waals surface area contributed by atoms with Crippen LogP contribution < -0.4 is 0 Å². The minimum atomic E-state index is -0.951. The molecule has 0 aromatic rings. The molecular formula is C14H28O5. The molecule has 19 heavy (non-hydrogen) atoms. The van der Waals surface area contributed by atoms with E-state index < -0.39 is 17.8 Å². The molecule has 5 heteroatoms. The molecule has 1 aliphatic heterocycles.